The lowest BCUT2D eigenvalue weighted by atomic mass is 10.0. The van der Waals surface area contributed by atoms with E-state index in [9.17, 15) is 4.79 Å². The van der Waals surface area contributed by atoms with E-state index in [-0.39, 0.29) is 6.54 Å². The van der Waals surface area contributed by atoms with Gasteiger partial charge in [-0.25, -0.2) is 0 Å². The number of aryl methyl sites for hydroxylation is 2. The summed E-state index contributed by atoms with van der Waals surface area (Å²) in [5.41, 5.74) is 3.49. The van der Waals surface area contributed by atoms with Crippen molar-refractivity contribution in [2.45, 2.75) is 20.4 Å². The first-order valence-electron chi connectivity index (χ1n) is 5.47. The van der Waals surface area contributed by atoms with E-state index < -0.39 is 5.97 Å². The van der Waals surface area contributed by atoms with Crippen LogP contribution in [0.2, 0.25) is 0 Å². The molecule has 0 saturated heterocycles. The number of hydrogen-bond donors (Lipinski definition) is 1. The molecule has 0 aliphatic carbocycles. The zero-order chi connectivity index (χ0) is 12.8. The van der Waals surface area contributed by atoms with Crippen LogP contribution in [0.15, 0.2) is 18.2 Å². The Morgan fingerprint density at radius 2 is 2.00 bits per heavy atom. The normalized spacial score (nSPS) is 10.2. The quantitative estimate of drug-likeness (QED) is 0.786. The highest BCUT2D eigenvalue weighted by Crippen LogP contribution is 2.15. The van der Waals surface area contributed by atoms with Crippen molar-refractivity contribution in [2.24, 2.45) is 0 Å². The molecule has 0 radical (unpaired) electrons. The molecule has 0 unspecified atom stereocenters. The van der Waals surface area contributed by atoms with E-state index in [0.717, 1.165) is 16.7 Å². The summed E-state index contributed by atoms with van der Waals surface area (Å²) in [4.78, 5) is 12.5. The van der Waals surface area contributed by atoms with Gasteiger partial charge in [-0.15, -0.1) is 6.42 Å². The zero-order valence-corrected chi connectivity index (χ0v) is 10.2. The molecule has 0 aromatic heterocycles. The molecule has 0 spiro atoms. The lowest BCUT2D eigenvalue weighted by molar-refractivity contribution is -0.138. The van der Waals surface area contributed by atoms with Gasteiger partial charge in [0.05, 0.1) is 13.1 Å². The van der Waals surface area contributed by atoms with Crippen molar-refractivity contribution in [3.63, 3.8) is 0 Å². The van der Waals surface area contributed by atoms with E-state index in [1.807, 2.05) is 32.0 Å². The number of hydrogen-bond acceptors (Lipinski definition) is 2. The molecule has 0 saturated carbocycles. The second kappa shape index (κ2) is 6.07. The Hall–Kier alpha value is -1.79. The minimum absolute atomic E-state index is 0.0298. The molecule has 0 aliphatic heterocycles. The van der Waals surface area contributed by atoms with Crippen LogP contribution in [-0.2, 0) is 11.3 Å². The van der Waals surface area contributed by atoms with Crippen molar-refractivity contribution in [2.75, 3.05) is 13.1 Å². The molecule has 1 N–H and O–H groups in total. The summed E-state index contributed by atoms with van der Waals surface area (Å²) in [6, 6.07) is 6.05. The highest BCUT2D eigenvalue weighted by molar-refractivity contribution is 5.69. The average Bonchev–Trinajstić information content (AvgIpc) is 2.23. The van der Waals surface area contributed by atoms with Gasteiger partial charge in [0.15, 0.2) is 0 Å². The lowest BCUT2D eigenvalue weighted by Crippen LogP contribution is -2.30. The van der Waals surface area contributed by atoms with Crippen LogP contribution in [0, 0.1) is 26.2 Å². The Morgan fingerprint density at radius 1 is 1.41 bits per heavy atom. The molecule has 1 aromatic rings. The standard InChI is InChI=1S/C14H17NO2/c1-4-8-15(10-14(16)17)9-13-11(2)6-5-7-12(13)3/h1,5-7H,8-10H2,2-3H3,(H,16,17). The smallest absolute Gasteiger partial charge is 0.317 e. The van der Waals surface area contributed by atoms with Gasteiger partial charge in [0.25, 0.3) is 0 Å². The van der Waals surface area contributed by atoms with Crippen LogP contribution in [0.4, 0.5) is 0 Å². The van der Waals surface area contributed by atoms with Gasteiger partial charge in [0, 0.05) is 6.54 Å². The fourth-order valence-corrected chi connectivity index (χ4v) is 1.81. The summed E-state index contributed by atoms with van der Waals surface area (Å²) < 4.78 is 0. The Balaban J connectivity index is 2.86. The number of benzene rings is 1. The number of carbonyl (C=O) groups is 1. The third-order valence-corrected chi connectivity index (χ3v) is 2.70. The molecular formula is C14H17NO2. The number of carboxylic acid groups (broad SMARTS) is 1. The third kappa shape index (κ3) is 3.93. The van der Waals surface area contributed by atoms with Gasteiger partial charge < -0.3 is 5.11 Å². The maximum atomic E-state index is 10.7. The van der Waals surface area contributed by atoms with Crippen LogP contribution in [0.5, 0.6) is 0 Å². The van der Waals surface area contributed by atoms with Gasteiger partial charge in [0.2, 0.25) is 0 Å². The van der Waals surface area contributed by atoms with E-state index in [4.69, 9.17) is 11.5 Å². The minimum Gasteiger partial charge on any atom is -0.480 e. The molecule has 1 rings (SSSR count). The topological polar surface area (TPSA) is 40.5 Å². The first-order valence-corrected chi connectivity index (χ1v) is 5.47. The summed E-state index contributed by atoms with van der Waals surface area (Å²) >= 11 is 0. The first-order chi connectivity index (χ1) is 8.04. The number of nitrogens with zero attached hydrogens (tertiary/aromatic N) is 1. The highest BCUT2D eigenvalue weighted by Gasteiger charge is 2.11. The predicted octanol–water partition coefficient (Wildman–Crippen LogP) is 1.82. The SMILES string of the molecule is C#CCN(CC(=O)O)Cc1c(C)cccc1C. The molecule has 90 valence electrons. The lowest BCUT2D eigenvalue weighted by Gasteiger charge is -2.20. The number of aliphatic carboxylic acids is 1. The van der Waals surface area contributed by atoms with Gasteiger partial charge in [-0.05, 0) is 30.5 Å². The first kappa shape index (κ1) is 13.3. The maximum Gasteiger partial charge on any atom is 0.317 e. The fraction of sp³-hybridized carbons (Fsp3) is 0.357. The minimum atomic E-state index is -0.855. The molecule has 3 nitrogen and oxygen atoms in total. The molecule has 0 atom stereocenters. The molecule has 0 fully saturated rings. The average molecular weight is 231 g/mol. The van der Waals surface area contributed by atoms with Gasteiger partial charge in [0.1, 0.15) is 0 Å². The van der Waals surface area contributed by atoms with Gasteiger partial charge in [-0.1, -0.05) is 24.1 Å². The van der Waals surface area contributed by atoms with Crippen LogP contribution >= 0.6 is 0 Å². The van der Waals surface area contributed by atoms with Crippen molar-refractivity contribution in [3.05, 3.63) is 34.9 Å². The van der Waals surface area contributed by atoms with Crippen molar-refractivity contribution < 1.29 is 9.90 Å². The highest BCUT2D eigenvalue weighted by atomic mass is 16.4. The van der Waals surface area contributed by atoms with E-state index >= 15 is 0 Å². The molecule has 0 heterocycles. The zero-order valence-electron chi connectivity index (χ0n) is 10.2. The predicted molar refractivity (Wildman–Crippen MR) is 67.7 cm³/mol. The molecule has 1 aromatic carbocycles. The number of terminal acetylenes is 1. The number of carboxylic acids is 1. The summed E-state index contributed by atoms with van der Waals surface area (Å²) in [6.45, 7) is 4.95. The van der Waals surface area contributed by atoms with Crippen LogP contribution in [-0.4, -0.2) is 29.1 Å². The van der Waals surface area contributed by atoms with E-state index in [0.29, 0.717) is 13.1 Å². The monoisotopic (exact) mass is 231 g/mol. The van der Waals surface area contributed by atoms with Crippen LogP contribution in [0.3, 0.4) is 0 Å². The van der Waals surface area contributed by atoms with E-state index in [1.54, 1.807) is 4.90 Å². The van der Waals surface area contributed by atoms with Crippen molar-refractivity contribution in [3.8, 4) is 12.3 Å². The van der Waals surface area contributed by atoms with Crippen LogP contribution in [0.25, 0.3) is 0 Å². The Labute approximate surface area is 102 Å². The molecule has 0 amide bonds. The summed E-state index contributed by atoms with van der Waals surface area (Å²) in [5.74, 6) is 1.64. The summed E-state index contributed by atoms with van der Waals surface area (Å²) in [7, 11) is 0. The van der Waals surface area contributed by atoms with Crippen LogP contribution in [0.1, 0.15) is 16.7 Å². The summed E-state index contributed by atoms with van der Waals surface area (Å²) in [6.07, 6.45) is 5.25. The van der Waals surface area contributed by atoms with Crippen molar-refractivity contribution >= 4 is 5.97 Å². The fourth-order valence-electron chi connectivity index (χ4n) is 1.81. The molecular weight excluding hydrogens is 214 g/mol. The Bertz CT molecular complexity index is 426. The van der Waals surface area contributed by atoms with Crippen molar-refractivity contribution in [1.82, 2.24) is 4.90 Å². The number of rotatable bonds is 5. The Morgan fingerprint density at radius 3 is 2.47 bits per heavy atom. The van der Waals surface area contributed by atoms with E-state index in [2.05, 4.69) is 5.92 Å². The second-order valence-corrected chi connectivity index (χ2v) is 4.11. The maximum absolute atomic E-state index is 10.7. The molecule has 0 aliphatic rings. The molecule has 3 heteroatoms. The summed E-state index contributed by atoms with van der Waals surface area (Å²) in [5, 5.41) is 8.82. The largest absolute Gasteiger partial charge is 0.480 e. The van der Waals surface area contributed by atoms with Crippen molar-refractivity contribution in [1.29, 1.82) is 0 Å². The van der Waals surface area contributed by atoms with Gasteiger partial charge in [-0.3, -0.25) is 9.69 Å². The van der Waals surface area contributed by atoms with Gasteiger partial charge >= 0.3 is 5.97 Å². The molecule has 0 bridgehead atoms. The van der Waals surface area contributed by atoms with Crippen LogP contribution < -0.4 is 0 Å². The Kier molecular flexibility index (Phi) is 4.74. The van der Waals surface area contributed by atoms with Gasteiger partial charge in [-0.2, -0.15) is 0 Å². The second-order valence-electron chi connectivity index (χ2n) is 4.11. The third-order valence-electron chi connectivity index (χ3n) is 2.70. The molecule has 17 heavy (non-hydrogen) atoms. The van der Waals surface area contributed by atoms with E-state index in [1.165, 1.54) is 0 Å².